The molecule has 0 aliphatic rings. The highest BCUT2D eigenvalue weighted by Crippen LogP contribution is 2.30. The van der Waals surface area contributed by atoms with Crippen LogP contribution < -0.4 is 10.6 Å². The van der Waals surface area contributed by atoms with Crippen molar-refractivity contribution in [1.29, 1.82) is 0 Å². The number of rotatable bonds is 4. The van der Waals surface area contributed by atoms with Crippen molar-refractivity contribution in [1.82, 2.24) is 0 Å². The predicted molar refractivity (Wildman–Crippen MR) is 97.2 cm³/mol. The Bertz CT molecular complexity index is 1120. The highest BCUT2D eigenvalue weighted by atomic mass is 19.2. The summed E-state index contributed by atoms with van der Waals surface area (Å²) >= 11 is 0. The standard InChI is InChI=1S/C20H14F2N2O2/c21-16-7-5-13(10-17(16)22)24-20(25)11-23-12-6-8-19-15(9-12)14-3-1-2-4-18(14)26-19/h1-10,23H,11H2,(H,24,25). The Morgan fingerprint density at radius 3 is 2.46 bits per heavy atom. The van der Waals surface area contributed by atoms with Crippen LogP contribution in [0.25, 0.3) is 21.9 Å². The number of amides is 1. The molecule has 26 heavy (non-hydrogen) atoms. The van der Waals surface area contributed by atoms with E-state index in [0.717, 1.165) is 39.8 Å². The number of hydrogen-bond donors (Lipinski definition) is 2. The first-order chi connectivity index (χ1) is 12.6. The molecular formula is C20H14F2N2O2. The Morgan fingerprint density at radius 1 is 0.846 bits per heavy atom. The van der Waals surface area contributed by atoms with E-state index in [9.17, 15) is 13.6 Å². The van der Waals surface area contributed by atoms with Gasteiger partial charge < -0.3 is 15.1 Å². The van der Waals surface area contributed by atoms with Crippen LogP contribution in [0.1, 0.15) is 0 Å². The molecule has 0 unspecified atom stereocenters. The van der Waals surface area contributed by atoms with Gasteiger partial charge in [-0.3, -0.25) is 4.79 Å². The number of furan rings is 1. The van der Waals surface area contributed by atoms with Gasteiger partial charge in [0.05, 0.1) is 6.54 Å². The molecule has 1 amide bonds. The molecule has 4 aromatic rings. The van der Waals surface area contributed by atoms with Crippen molar-refractivity contribution in [3.63, 3.8) is 0 Å². The second-order valence-corrected chi connectivity index (χ2v) is 5.84. The molecular weight excluding hydrogens is 338 g/mol. The molecule has 4 nitrogen and oxygen atoms in total. The summed E-state index contributed by atoms with van der Waals surface area (Å²) in [6.45, 7) is -0.0136. The van der Waals surface area contributed by atoms with E-state index in [1.54, 1.807) is 0 Å². The lowest BCUT2D eigenvalue weighted by Crippen LogP contribution is -2.21. The van der Waals surface area contributed by atoms with Crippen LogP contribution in [0.3, 0.4) is 0 Å². The molecule has 3 aromatic carbocycles. The van der Waals surface area contributed by atoms with Gasteiger partial charge in [0.25, 0.3) is 0 Å². The summed E-state index contributed by atoms with van der Waals surface area (Å²) in [5.41, 5.74) is 2.52. The Labute approximate surface area is 147 Å². The van der Waals surface area contributed by atoms with Crippen molar-refractivity contribution < 1.29 is 18.0 Å². The van der Waals surface area contributed by atoms with Gasteiger partial charge >= 0.3 is 0 Å². The summed E-state index contributed by atoms with van der Waals surface area (Å²) in [4.78, 5) is 12.0. The Morgan fingerprint density at radius 2 is 1.62 bits per heavy atom. The monoisotopic (exact) mass is 352 g/mol. The summed E-state index contributed by atoms with van der Waals surface area (Å²) in [5.74, 6) is -2.33. The molecule has 0 spiro atoms. The molecule has 0 atom stereocenters. The average Bonchev–Trinajstić information content (AvgIpc) is 3.01. The van der Waals surface area contributed by atoms with E-state index in [-0.39, 0.29) is 18.1 Å². The second kappa shape index (κ2) is 6.48. The van der Waals surface area contributed by atoms with Gasteiger partial charge in [-0.2, -0.15) is 0 Å². The third-order valence-electron chi connectivity index (χ3n) is 4.03. The van der Waals surface area contributed by atoms with Gasteiger partial charge in [0, 0.05) is 28.2 Å². The maximum absolute atomic E-state index is 13.2. The lowest BCUT2D eigenvalue weighted by Gasteiger charge is -2.08. The molecule has 2 N–H and O–H groups in total. The summed E-state index contributed by atoms with van der Waals surface area (Å²) in [6, 6.07) is 16.5. The second-order valence-electron chi connectivity index (χ2n) is 5.84. The lowest BCUT2D eigenvalue weighted by atomic mass is 10.1. The third-order valence-corrected chi connectivity index (χ3v) is 4.03. The number of nitrogens with one attached hydrogen (secondary N) is 2. The van der Waals surface area contributed by atoms with Gasteiger partial charge in [0.2, 0.25) is 5.91 Å². The molecule has 0 aliphatic carbocycles. The van der Waals surface area contributed by atoms with Gasteiger partial charge in [-0.25, -0.2) is 8.78 Å². The highest BCUT2D eigenvalue weighted by molar-refractivity contribution is 6.06. The number of benzene rings is 3. The van der Waals surface area contributed by atoms with E-state index >= 15 is 0 Å². The van der Waals surface area contributed by atoms with Crippen molar-refractivity contribution in [2.24, 2.45) is 0 Å². The van der Waals surface area contributed by atoms with Crippen LogP contribution in [0.4, 0.5) is 20.2 Å². The van der Waals surface area contributed by atoms with Gasteiger partial charge in [0.1, 0.15) is 11.2 Å². The zero-order valence-electron chi connectivity index (χ0n) is 13.6. The van der Waals surface area contributed by atoms with Crippen LogP contribution in [0, 0.1) is 11.6 Å². The molecule has 4 rings (SSSR count). The normalized spacial score (nSPS) is 11.0. The number of carbonyl (C=O) groups excluding carboxylic acids is 1. The molecule has 0 saturated carbocycles. The number of hydrogen-bond acceptors (Lipinski definition) is 3. The smallest absolute Gasteiger partial charge is 0.243 e. The largest absolute Gasteiger partial charge is 0.456 e. The summed E-state index contributed by atoms with van der Waals surface area (Å²) in [5, 5.41) is 7.48. The van der Waals surface area contributed by atoms with Gasteiger partial charge in [-0.1, -0.05) is 18.2 Å². The van der Waals surface area contributed by atoms with Crippen molar-refractivity contribution in [2.45, 2.75) is 0 Å². The van der Waals surface area contributed by atoms with Gasteiger partial charge in [-0.05, 0) is 36.4 Å². The fourth-order valence-corrected chi connectivity index (χ4v) is 2.80. The number of carbonyl (C=O) groups is 1. The van der Waals surface area contributed by atoms with Crippen LogP contribution in [0.5, 0.6) is 0 Å². The van der Waals surface area contributed by atoms with Crippen LogP contribution in [-0.2, 0) is 4.79 Å². The Hall–Kier alpha value is -3.41. The van der Waals surface area contributed by atoms with E-state index in [0.29, 0.717) is 0 Å². The van der Waals surface area contributed by atoms with Gasteiger partial charge in [-0.15, -0.1) is 0 Å². The predicted octanol–water partition coefficient (Wildman–Crippen LogP) is 4.91. The zero-order chi connectivity index (χ0) is 18.1. The van der Waals surface area contributed by atoms with Crippen LogP contribution >= 0.6 is 0 Å². The summed E-state index contributed by atoms with van der Waals surface area (Å²) in [7, 11) is 0. The molecule has 130 valence electrons. The minimum absolute atomic E-state index is 0.0136. The van der Waals surface area contributed by atoms with E-state index < -0.39 is 11.6 Å². The van der Waals surface area contributed by atoms with Crippen LogP contribution in [-0.4, -0.2) is 12.5 Å². The van der Waals surface area contributed by atoms with Crippen molar-refractivity contribution in [2.75, 3.05) is 17.2 Å². The first-order valence-corrected chi connectivity index (χ1v) is 8.00. The Kier molecular flexibility index (Phi) is 4.01. The topological polar surface area (TPSA) is 54.3 Å². The minimum atomic E-state index is -1.01. The van der Waals surface area contributed by atoms with Crippen molar-refractivity contribution in [3.05, 3.63) is 72.3 Å². The molecule has 0 aliphatic heterocycles. The maximum atomic E-state index is 13.2. The molecule has 1 heterocycles. The molecule has 0 saturated heterocycles. The SMILES string of the molecule is O=C(CNc1ccc2oc3ccccc3c2c1)Nc1ccc(F)c(F)c1. The average molecular weight is 352 g/mol. The Balaban J connectivity index is 1.47. The first-order valence-electron chi connectivity index (χ1n) is 8.00. The van der Waals surface area contributed by atoms with E-state index in [1.807, 2.05) is 42.5 Å². The fourth-order valence-electron chi connectivity index (χ4n) is 2.80. The number of fused-ring (bicyclic) bond motifs is 3. The fraction of sp³-hybridized carbons (Fsp3) is 0.0500. The summed E-state index contributed by atoms with van der Waals surface area (Å²) in [6.07, 6.45) is 0. The van der Waals surface area contributed by atoms with E-state index in [1.165, 1.54) is 6.07 Å². The molecule has 0 bridgehead atoms. The summed E-state index contributed by atoms with van der Waals surface area (Å²) < 4.78 is 31.8. The minimum Gasteiger partial charge on any atom is -0.456 e. The van der Waals surface area contributed by atoms with E-state index in [2.05, 4.69) is 10.6 Å². The lowest BCUT2D eigenvalue weighted by molar-refractivity contribution is -0.114. The van der Waals surface area contributed by atoms with Crippen LogP contribution in [0.2, 0.25) is 0 Å². The highest BCUT2D eigenvalue weighted by Gasteiger charge is 2.09. The van der Waals surface area contributed by atoms with Crippen LogP contribution in [0.15, 0.2) is 65.1 Å². The van der Waals surface area contributed by atoms with Crippen molar-refractivity contribution >= 4 is 39.2 Å². The zero-order valence-corrected chi connectivity index (χ0v) is 13.6. The molecule has 6 heteroatoms. The third kappa shape index (κ3) is 3.09. The maximum Gasteiger partial charge on any atom is 0.243 e. The number of halogens is 2. The van der Waals surface area contributed by atoms with E-state index in [4.69, 9.17) is 4.42 Å². The quantitative estimate of drug-likeness (QED) is 0.548. The number of para-hydroxylation sites is 1. The molecule has 0 fully saturated rings. The molecule has 0 radical (unpaired) electrons. The molecule has 1 aromatic heterocycles. The number of anilines is 2. The first kappa shape index (κ1) is 16.1. The van der Waals surface area contributed by atoms with Gasteiger partial charge in [0.15, 0.2) is 11.6 Å². The van der Waals surface area contributed by atoms with Crippen molar-refractivity contribution in [3.8, 4) is 0 Å².